The highest BCUT2D eigenvalue weighted by Crippen LogP contribution is 2.17. The van der Waals surface area contributed by atoms with E-state index >= 15 is 0 Å². The van der Waals surface area contributed by atoms with Crippen LogP contribution in [-0.2, 0) is 0 Å². The van der Waals surface area contributed by atoms with Gasteiger partial charge >= 0.3 is 0 Å². The number of fused-ring (bicyclic) bond motifs is 1. The summed E-state index contributed by atoms with van der Waals surface area (Å²) in [6.45, 7) is 3.87. The van der Waals surface area contributed by atoms with Crippen LogP contribution >= 0.6 is 15.9 Å². The van der Waals surface area contributed by atoms with Gasteiger partial charge in [-0.2, -0.15) is 0 Å². The molecule has 0 radical (unpaired) electrons. The zero-order valence-electron chi connectivity index (χ0n) is 11.2. The third kappa shape index (κ3) is 2.16. The molecule has 1 heterocycles. The Kier molecular flexibility index (Phi) is 3.18. The predicted molar refractivity (Wildman–Crippen MR) is 84.5 cm³/mol. The van der Waals surface area contributed by atoms with E-state index in [0.29, 0.717) is 11.2 Å². The van der Waals surface area contributed by atoms with Crippen molar-refractivity contribution in [3.05, 3.63) is 68.7 Å². The summed E-state index contributed by atoms with van der Waals surface area (Å²) in [5, 5.41) is 0.616. The van der Waals surface area contributed by atoms with E-state index in [1.165, 1.54) is 0 Å². The van der Waals surface area contributed by atoms with Crippen LogP contribution in [0.5, 0.6) is 0 Å². The summed E-state index contributed by atoms with van der Waals surface area (Å²) in [6, 6.07) is 13.4. The van der Waals surface area contributed by atoms with Crippen molar-refractivity contribution in [2.75, 3.05) is 0 Å². The molecule has 0 spiro atoms. The number of benzene rings is 2. The SMILES string of the molecule is Cc1ccc(-n2c(C)nc3ccc(Br)cc3c2=O)cc1. The lowest BCUT2D eigenvalue weighted by molar-refractivity contribution is 0.894. The van der Waals surface area contributed by atoms with Crippen molar-refractivity contribution >= 4 is 26.8 Å². The van der Waals surface area contributed by atoms with Gasteiger partial charge in [-0.1, -0.05) is 33.6 Å². The minimum Gasteiger partial charge on any atom is -0.268 e. The molecule has 0 unspecified atom stereocenters. The van der Waals surface area contributed by atoms with Crippen molar-refractivity contribution < 1.29 is 0 Å². The first kappa shape index (κ1) is 13.1. The van der Waals surface area contributed by atoms with E-state index in [0.717, 1.165) is 21.2 Å². The van der Waals surface area contributed by atoms with Crippen molar-refractivity contribution in [3.63, 3.8) is 0 Å². The standard InChI is InChI=1S/C16H13BrN2O/c1-10-3-6-13(7-4-10)19-11(2)18-15-8-5-12(17)9-14(15)16(19)20/h3-9H,1-2H3. The van der Waals surface area contributed by atoms with Gasteiger partial charge in [-0.25, -0.2) is 4.98 Å². The van der Waals surface area contributed by atoms with Crippen molar-refractivity contribution in [1.82, 2.24) is 9.55 Å². The molecule has 0 amide bonds. The predicted octanol–water partition coefficient (Wildman–Crippen LogP) is 3.77. The molecular formula is C16H13BrN2O. The molecule has 0 bridgehead atoms. The minimum atomic E-state index is -0.0438. The molecule has 3 aromatic rings. The Bertz CT molecular complexity index is 851. The molecule has 20 heavy (non-hydrogen) atoms. The fourth-order valence-corrected chi connectivity index (χ4v) is 2.63. The van der Waals surface area contributed by atoms with E-state index in [4.69, 9.17) is 0 Å². The summed E-state index contributed by atoms with van der Waals surface area (Å²) < 4.78 is 2.53. The van der Waals surface area contributed by atoms with E-state index in [2.05, 4.69) is 20.9 Å². The maximum atomic E-state index is 12.7. The number of hydrogen-bond acceptors (Lipinski definition) is 2. The number of aromatic nitrogens is 2. The van der Waals surface area contributed by atoms with Crippen LogP contribution in [-0.4, -0.2) is 9.55 Å². The number of rotatable bonds is 1. The van der Waals surface area contributed by atoms with E-state index in [-0.39, 0.29) is 5.56 Å². The van der Waals surface area contributed by atoms with Crippen LogP contribution in [0.2, 0.25) is 0 Å². The molecule has 0 saturated heterocycles. The Hall–Kier alpha value is -1.94. The summed E-state index contributed by atoms with van der Waals surface area (Å²) >= 11 is 3.40. The van der Waals surface area contributed by atoms with Crippen LogP contribution in [0, 0.1) is 13.8 Å². The van der Waals surface area contributed by atoms with Crippen LogP contribution in [0.4, 0.5) is 0 Å². The summed E-state index contributed by atoms with van der Waals surface area (Å²) in [4.78, 5) is 17.2. The lowest BCUT2D eigenvalue weighted by Gasteiger charge is -2.11. The summed E-state index contributed by atoms with van der Waals surface area (Å²) in [7, 11) is 0. The summed E-state index contributed by atoms with van der Waals surface area (Å²) in [5.41, 5.74) is 2.68. The van der Waals surface area contributed by atoms with Gasteiger partial charge in [-0.3, -0.25) is 9.36 Å². The summed E-state index contributed by atoms with van der Waals surface area (Å²) in [5.74, 6) is 0.689. The minimum absolute atomic E-state index is 0.0438. The Morgan fingerprint density at radius 1 is 1.05 bits per heavy atom. The molecule has 0 fully saturated rings. The second-order valence-electron chi connectivity index (χ2n) is 4.80. The van der Waals surface area contributed by atoms with E-state index in [1.807, 2.05) is 56.3 Å². The van der Waals surface area contributed by atoms with Gasteiger partial charge in [-0.15, -0.1) is 0 Å². The fraction of sp³-hybridized carbons (Fsp3) is 0.125. The lowest BCUT2D eigenvalue weighted by atomic mass is 10.2. The zero-order valence-corrected chi connectivity index (χ0v) is 12.8. The van der Waals surface area contributed by atoms with Crippen molar-refractivity contribution in [2.24, 2.45) is 0 Å². The second kappa shape index (κ2) is 4.87. The number of aryl methyl sites for hydroxylation is 2. The monoisotopic (exact) mass is 328 g/mol. The first-order valence-electron chi connectivity index (χ1n) is 6.32. The summed E-state index contributed by atoms with van der Waals surface area (Å²) in [6.07, 6.45) is 0. The molecule has 0 aliphatic heterocycles. The number of halogens is 1. The van der Waals surface area contributed by atoms with E-state index < -0.39 is 0 Å². The van der Waals surface area contributed by atoms with Gasteiger partial charge < -0.3 is 0 Å². The Labute approximate surface area is 125 Å². The average molecular weight is 329 g/mol. The maximum Gasteiger partial charge on any atom is 0.265 e. The van der Waals surface area contributed by atoms with Crippen molar-refractivity contribution in [1.29, 1.82) is 0 Å². The van der Waals surface area contributed by atoms with Crippen molar-refractivity contribution in [2.45, 2.75) is 13.8 Å². The average Bonchev–Trinajstić information content (AvgIpc) is 2.42. The Morgan fingerprint density at radius 3 is 2.45 bits per heavy atom. The van der Waals surface area contributed by atoms with Gasteiger partial charge in [0.2, 0.25) is 0 Å². The van der Waals surface area contributed by atoms with Crippen LogP contribution in [0.25, 0.3) is 16.6 Å². The molecule has 0 aliphatic rings. The van der Waals surface area contributed by atoms with Crippen LogP contribution in [0.15, 0.2) is 51.7 Å². The van der Waals surface area contributed by atoms with Crippen LogP contribution in [0.1, 0.15) is 11.4 Å². The Balaban J connectivity index is 2.36. The molecule has 4 heteroatoms. The highest BCUT2D eigenvalue weighted by Gasteiger charge is 2.10. The van der Waals surface area contributed by atoms with Gasteiger partial charge in [-0.05, 0) is 44.2 Å². The second-order valence-corrected chi connectivity index (χ2v) is 5.71. The maximum absolute atomic E-state index is 12.7. The largest absolute Gasteiger partial charge is 0.268 e. The van der Waals surface area contributed by atoms with Gasteiger partial charge in [0, 0.05) is 4.47 Å². The first-order valence-corrected chi connectivity index (χ1v) is 7.11. The van der Waals surface area contributed by atoms with E-state index in [9.17, 15) is 4.79 Å². The normalized spacial score (nSPS) is 10.9. The number of nitrogens with zero attached hydrogens (tertiary/aromatic N) is 2. The van der Waals surface area contributed by atoms with Gasteiger partial charge in [0.1, 0.15) is 5.82 Å². The molecule has 0 saturated carbocycles. The molecule has 3 rings (SSSR count). The molecule has 1 aromatic heterocycles. The molecule has 0 N–H and O–H groups in total. The van der Waals surface area contributed by atoms with Gasteiger partial charge in [0.25, 0.3) is 5.56 Å². The quantitative estimate of drug-likeness (QED) is 0.681. The first-order chi connectivity index (χ1) is 9.56. The molecule has 3 nitrogen and oxygen atoms in total. The fourth-order valence-electron chi connectivity index (χ4n) is 2.27. The molecule has 0 aliphatic carbocycles. The van der Waals surface area contributed by atoms with Gasteiger partial charge in [0.05, 0.1) is 16.6 Å². The third-order valence-electron chi connectivity index (χ3n) is 3.29. The highest BCUT2D eigenvalue weighted by molar-refractivity contribution is 9.10. The molecule has 2 aromatic carbocycles. The number of hydrogen-bond donors (Lipinski definition) is 0. The van der Waals surface area contributed by atoms with Gasteiger partial charge in [0.15, 0.2) is 0 Å². The smallest absolute Gasteiger partial charge is 0.265 e. The molecule has 100 valence electrons. The lowest BCUT2D eigenvalue weighted by Crippen LogP contribution is -2.22. The van der Waals surface area contributed by atoms with E-state index in [1.54, 1.807) is 4.57 Å². The van der Waals surface area contributed by atoms with Crippen molar-refractivity contribution in [3.8, 4) is 5.69 Å². The highest BCUT2D eigenvalue weighted by atomic mass is 79.9. The zero-order chi connectivity index (χ0) is 14.3. The third-order valence-corrected chi connectivity index (χ3v) is 3.78. The topological polar surface area (TPSA) is 34.9 Å². The molecule has 0 atom stereocenters. The van der Waals surface area contributed by atoms with Crippen LogP contribution < -0.4 is 5.56 Å². The molecular weight excluding hydrogens is 316 g/mol. The van der Waals surface area contributed by atoms with Crippen LogP contribution in [0.3, 0.4) is 0 Å². The Morgan fingerprint density at radius 2 is 1.75 bits per heavy atom.